The number of primary amides is 1. The van der Waals surface area contributed by atoms with Gasteiger partial charge in [-0.2, -0.15) is 13.2 Å². The van der Waals surface area contributed by atoms with Gasteiger partial charge in [0.05, 0.1) is 0 Å². The average Bonchev–Trinajstić information content (AvgIpc) is 3.00. The number of nitrogens with one attached hydrogen (secondary N) is 1. The molecule has 3 N–H and O–H groups in total. The van der Waals surface area contributed by atoms with E-state index in [1.54, 1.807) is 24.5 Å². The lowest BCUT2D eigenvalue weighted by Gasteiger charge is -2.08. The molecule has 9 heteroatoms. The molecule has 1 amide bonds. The predicted molar refractivity (Wildman–Crippen MR) is 89.1 cm³/mol. The van der Waals surface area contributed by atoms with Crippen LogP contribution in [0, 0.1) is 0 Å². The molecule has 0 saturated heterocycles. The van der Waals surface area contributed by atoms with Crippen molar-refractivity contribution in [3.05, 3.63) is 48.4 Å². The van der Waals surface area contributed by atoms with Gasteiger partial charge in [0.15, 0.2) is 6.61 Å². The maximum absolute atomic E-state index is 12.2. The maximum atomic E-state index is 12.2. The van der Waals surface area contributed by atoms with E-state index in [1.165, 1.54) is 18.3 Å². The van der Waals surface area contributed by atoms with Crippen LogP contribution in [0.2, 0.25) is 0 Å². The highest BCUT2D eigenvalue weighted by Gasteiger charge is 2.28. The molecule has 0 aliphatic rings. The molecule has 3 rings (SSSR count). The largest absolute Gasteiger partial charge is 0.468 e. The Balaban J connectivity index is 1.85. The molecular weight excluding hydrogens is 349 g/mol. The summed E-state index contributed by atoms with van der Waals surface area (Å²) in [6.07, 6.45) is 3.09. The van der Waals surface area contributed by atoms with Crippen LogP contribution < -0.4 is 10.5 Å². The van der Waals surface area contributed by atoms with Gasteiger partial charge >= 0.3 is 6.18 Å². The summed E-state index contributed by atoms with van der Waals surface area (Å²) in [5.41, 5.74) is 7.81. The van der Waals surface area contributed by atoms with E-state index in [2.05, 4.69) is 19.7 Å². The maximum Gasteiger partial charge on any atom is 0.422 e. The van der Waals surface area contributed by atoms with Crippen molar-refractivity contribution in [1.29, 1.82) is 0 Å². The number of rotatable bonds is 5. The van der Waals surface area contributed by atoms with Crippen molar-refractivity contribution in [3.8, 4) is 17.0 Å². The summed E-state index contributed by atoms with van der Waals surface area (Å²) in [4.78, 5) is 22.0. The standard InChI is InChI=1S/C17H13F3N4O2/c18-17(19,20)9-26-15-4-2-10(6-22-15)12-5-13-11(1-3-14(21)25)7-23-16(13)24-8-12/h1-8H,9H2,(H2,21,25)(H,23,24). The van der Waals surface area contributed by atoms with Crippen LogP contribution in [-0.2, 0) is 4.79 Å². The van der Waals surface area contributed by atoms with E-state index in [9.17, 15) is 18.0 Å². The topological polar surface area (TPSA) is 93.9 Å². The minimum absolute atomic E-state index is 0.119. The molecule has 0 unspecified atom stereocenters. The number of fused-ring (bicyclic) bond motifs is 1. The highest BCUT2D eigenvalue weighted by atomic mass is 19.4. The summed E-state index contributed by atoms with van der Waals surface area (Å²) in [5, 5.41) is 0.761. The van der Waals surface area contributed by atoms with Crippen LogP contribution in [0.5, 0.6) is 5.88 Å². The van der Waals surface area contributed by atoms with Gasteiger partial charge in [0.2, 0.25) is 11.8 Å². The Labute approximate surface area is 145 Å². The van der Waals surface area contributed by atoms with Gasteiger partial charge in [-0.15, -0.1) is 0 Å². The summed E-state index contributed by atoms with van der Waals surface area (Å²) < 4.78 is 41.0. The molecule has 26 heavy (non-hydrogen) atoms. The summed E-state index contributed by atoms with van der Waals surface area (Å²) in [6, 6.07) is 4.77. The van der Waals surface area contributed by atoms with Crippen LogP contribution in [0.1, 0.15) is 5.56 Å². The van der Waals surface area contributed by atoms with Gasteiger partial charge in [-0.25, -0.2) is 9.97 Å². The van der Waals surface area contributed by atoms with Crippen molar-refractivity contribution in [3.63, 3.8) is 0 Å². The van der Waals surface area contributed by atoms with Gasteiger partial charge in [-0.3, -0.25) is 4.79 Å². The lowest BCUT2D eigenvalue weighted by atomic mass is 10.1. The van der Waals surface area contributed by atoms with Crippen molar-refractivity contribution < 1.29 is 22.7 Å². The number of hydrogen-bond donors (Lipinski definition) is 2. The molecule has 0 aliphatic carbocycles. The van der Waals surface area contributed by atoms with E-state index in [0.717, 1.165) is 10.9 Å². The summed E-state index contributed by atoms with van der Waals surface area (Å²) in [5.74, 6) is -0.686. The zero-order valence-corrected chi connectivity index (χ0v) is 13.2. The number of hydrogen-bond acceptors (Lipinski definition) is 4. The molecular formula is C17H13F3N4O2. The molecule has 0 aromatic carbocycles. The minimum Gasteiger partial charge on any atom is -0.468 e. The highest BCUT2D eigenvalue weighted by molar-refractivity contribution is 5.95. The van der Waals surface area contributed by atoms with Crippen LogP contribution in [0.4, 0.5) is 13.2 Å². The van der Waals surface area contributed by atoms with E-state index in [1.807, 2.05) is 6.07 Å². The first-order valence-corrected chi connectivity index (χ1v) is 7.42. The molecule has 3 aromatic heterocycles. The van der Waals surface area contributed by atoms with E-state index >= 15 is 0 Å². The number of alkyl halides is 3. The number of aromatic amines is 1. The van der Waals surface area contributed by atoms with Crippen LogP contribution in [-0.4, -0.2) is 33.6 Å². The number of carbonyl (C=O) groups is 1. The Hall–Kier alpha value is -3.36. The van der Waals surface area contributed by atoms with Crippen molar-refractivity contribution in [2.24, 2.45) is 5.73 Å². The van der Waals surface area contributed by atoms with Crippen molar-refractivity contribution in [2.45, 2.75) is 6.18 Å². The average molecular weight is 362 g/mol. The minimum atomic E-state index is -4.42. The molecule has 0 aliphatic heterocycles. The molecule has 3 heterocycles. The van der Waals surface area contributed by atoms with Crippen LogP contribution in [0.25, 0.3) is 28.2 Å². The van der Waals surface area contributed by atoms with Gasteiger partial charge in [0, 0.05) is 52.8 Å². The number of ether oxygens (including phenoxy) is 1. The molecule has 0 atom stereocenters. The third-order valence-corrected chi connectivity index (χ3v) is 3.44. The molecule has 6 nitrogen and oxygen atoms in total. The SMILES string of the molecule is NC(=O)C=Cc1c[nH]c2ncc(-c3ccc(OCC(F)(F)F)nc3)cc12. The van der Waals surface area contributed by atoms with E-state index < -0.39 is 18.7 Å². The third-order valence-electron chi connectivity index (χ3n) is 3.44. The second kappa shape index (κ2) is 6.87. The zero-order chi connectivity index (χ0) is 18.7. The Morgan fingerprint density at radius 3 is 2.65 bits per heavy atom. The molecule has 0 bridgehead atoms. The van der Waals surface area contributed by atoms with Gasteiger partial charge in [0.1, 0.15) is 5.65 Å². The molecule has 0 fully saturated rings. The Kier molecular flexibility index (Phi) is 4.61. The van der Waals surface area contributed by atoms with Gasteiger partial charge in [-0.1, -0.05) is 0 Å². The number of halogens is 3. The number of nitrogens with two attached hydrogens (primary N) is 1. The van der Waals surface area contributed by atoms with E-state index in [0.29, 0.717) is 16.8 Å². The molecule has 0 radical (unpaired) electrons. The fraction of sp³-hybridized carbons (Fsp3) is 0.118. The summed E-state index contributed by atoms with van der Waals surface area (Å²) >= 11 is 0. The predicted octanol–water partition coefficient (Wildman–Crippen LogP) is 3.06. The van der Waals surface area contributed by atoms with Crippen molar-refractivity contribution >= 4 is 23.0 Å². The quantitative estimate of drug-likeness (QED) is 0.682. The Morgan fingerprint density at radius 2 is 2.00 bits per heavy atom. The number of pyridine rings is 2. The first-order chi connectivity index (χ1) is 12.3. The number of carbonyl (C=O) groups excluding carboxylic acids is 1. The number of H-pyrrole nitrogens is 1. The van der Waals surface area contributed by atoms with E-state index in [4.69, 9.17) is 5.73 Å². The van der Waals surface area contributed by atoms with Crippen LogP contribution in [0.3, 0.4) is 0 Å². The van der Waals surface area contributed by atoms with Crippen molar-refractivity contribution in [2.75, 3.05) is 6.61 Å². The van der Waals surface area contributed by atoms with Crippen LogP contribution >= 0.6 is 0 Å². The monoisotopic (exact) mass is 362 g/mol. The summed E-state index contributed by atoms with van der Waals surface area (Å²) in [7, 11) is 0. The van der Waals surface area contributed by atoms with Gasteiger partial charge in [0.25, 0.3) is 0 Å². The fourth-order valence-corrected chi connectivity index (χ4v) is 2.28. The lowest BCUT2D eigenvalue weighted by Crippen LogP contribution is -2.19. The van der Waals surface area contributed by atoms with E-state index in [-0.39, 0.29) is 5.88 Å². The second-order valence-electron chi connectivity index (χ2n) is 5.39. The molecule has 0 spiro atoms. The van der Waals surface area contributed by atoms with Gasteiger partial charge < -0.3 is 15.5 Å². The first-order valence-electron chi connectivity index (χ1n) is 7.42. The molecule has 134 valence electrons. The normalized spacial score (nSPS) is 12.0. The lowest BCUT2D eigenvalue weighted by molar-refractivity contribution is -0.154. The summed E-state index contributed by atoms with van der Waals surface area (Å²) in [6.45, 7) is -1.40. The Morgan fingerprint density at radius 1 is 1.23 bits per heavy atom. The van der Waals surface area contributed by atoms with Crippen molar-refractivity contribution in [1.82, 2.24) is 15.0 Å². The second-order valence-corrected chi connectivity index (χ2v) is 5.39. The smallest absolute Gasteiger partial charge is 0.422 e. The Bertz CT molecular complexity index is 962. The first kappa shape index (κ1) is 17.5. The number of nitrogens with zero attached hydrogens (tertiary/aromatic N) is 2. The molecule has 3 aromatic rings. The van der Waals surface area contributed by atoms with Crippen LogP contribution in [0.15, 0.2) is 42.9 Å². The third kappa shape index (κ3) is 4.18. The van der Waals surface area contributed by atoms with Gasteiger partial charge in [-0.05, 0) is 18.2 Å². The number of aromatic nitrogens is 3. The fourth-order valence-electron chi connectivity index (χ4n) is 2.28. The highest BCUT2D eigenvalue weighted by Crippen LogP contribution is 2.26. The molecule has 0 saturated carbocycles. The zero-order valence-electron chi connectivity index (χ0n) is 13.2. The number of amides is 1.